The van der Waals surface area contributed by atoms with Gasteiger partial charge >= 0.3 is 0 Å². The average molecular weight is 439 g/mol. The van der Waals surface area contributed by atoms with Crippen LogP contribution >= 0.6 is 0 Å². The minimum Gasteiger partial charge on any atom is -0.479 e. The van der Waals surface area contributed by atoms with Gasteiger partial charge in [0.15, 0.2) is 6.10 Å². The highest BCUT2D eigenvalue weighted by molar-refractivity contribution is 7.89. The van der Waals surface area contributed by atoms with Crippen molar-refractivity contribution in [2.75, 3.05) is 12.4 Å². The molecule has 31 heavy (non-hydrogen) atoms. The predicted octanol–water partition coefficient (Wildman–Crippen LogP) is 2.39. The van der Waals surface area contributed by atoms with Crippen LogP contribution in [0.1, 0.15) is 18.4 Å². The van der Waals surface area contributed by atoms with Gasteiger partial charge in [-0.2, -0.15) is 4.31 Å². The third kappa shape index (κ3) is 4.12. The third-order valence-corrected chi connectivity index (χ3v) is 6.69. The zero-order valence-corrected chi connectivity index (χ0v) is 18.0. The Hall–Kier alpha value is -3.37. The lowest BCUT2D eigenvalue weighted by molar-refractivity contribution is -0.122. The number of amides is 1. The van der Waals surface area contributed by atoms with E-state index in [1.807, 2.05) is 12.1 Å². The van der Waals surface area contributed by atoms with Gasteiger partial charge < -0.3 is 10.1 Å². The molecule has 1 N–H and O–H groups in total. The lowest BCUT2D eigenvalue weighted by Gasteiger charge is -2.24. The topological polar surface area (TPSA) is 114 Å². The fourth-order valence-electron chi connectivity index (χ4n) is 3.20. The molecular formula is C21H21N5O4S. The maximum Gasteiger partial charge on any atom is 0.265 e. The van der Waals surface area contributed by atoms with E-state index in [0.29, 0.717) is 34.2 Å². The van der Waals surface area contributed by atoms with Crippen LogP contribution < -0.4 is 10.1 Å². The van der Waals surface area contributed by atoms with Crippen LogP contribution in [0.5, 0.6) is 5.75 Å². The van der Waals surface area contributed by atoms with Crippen molar-refractivity contribution in [3.8, 4) is 17.0 Å². The molecule has 160 valence electrons. The normalized spacial score (nSPS) is 15.9. The molecule has 3 aromatic rings. The van der Waals surface area contributed by atoms with Crippen molar-refractivity contribution in [2.24, 2.45) is 0 Å². The van der Waals surface area contributed by atoms with Crippen LogP contribution in [0.2, 0.25) is 0 Å². The summed E-state index contributed by atoms with van der Waals surface area (Å²) in [5.41, 5.74) is 2.18. The number of fused-ring (bicyclic) bond motifs is 1. The van der Waals surface area contributed by atoms with E-state index in [4.69, 9.17) is 4.74 Å². The SMILES string of the molecule is Cc1ncc(-c2ccccn2)c(CN(C)S(=O)(=O)c2ccc3c(c2)NC(=O)C(C)O3)n1. The molecule has 0 radical (unpaired) electrons. The van der Waals surface area contributed by atoms with Crippen LogP contribution in [0.25, 0.3) is 11.3 Å². The Morgan fingerprint density at radius 2 is 2.00 bits per heavy atom. The summed E-state index contributed by atoms with van der Waals surface area (Å²) >= 11 is 0. The van der Waals surface area contributed by atoms with Crippen molar-refractivity contribution in [3.05, 3.63) is 60.3 Å². The molecule has 1 aliphatic heterocycles. The second-order valence-electron chi connectivity index (χ2n) is 7.16. The number of rotatable bonds is 5. The number of aryl methyl sites for hydroxylation is 1. The highest BCUT2D eigenvalue weighted by Gasteiger charge is 2.28. The van der Waals surface area contributed by atoms with Gasteiger partial charge in [0.2, 0.25) is 10.0 Å². The van der Waals surface area contributed by atoms with Crippen molar-refractivity contribution in [1.82, 2.24) is 19.3 Å². The minimum atomic E-state index is -3.87. The summed E-state index contributed by atoms with van der Waals surface area (Å²) in [5, 5.41) is 2.67. The van der Waals surface area contributed by atoms with Gasteiger partial charge in [0, 0.05) is 25.0 Å². The summed E-state index contributed by atoms with van der Waals surface area (Å²) in [7, 11) is -2.39. The summed E-state index contributed by atoms with van der Waals surface area (Å²) in [6, 6.07) is 9.86. The molecule has 0 bridgehead atoms. The van der Waals surface area contributed by atoms with Crippen LogP contribution in [-0.4, -0.2) is 46.7 Å². The fourth-order valence-corrected chi connectivity index (χ4v) is 4.36. The Labute approximate surface area is 180 Å². The number of hydrogen-bond donors (Lipinski definition) is 1. The van der Waals surface area contributed by atoms with E-state index in [-0.39, 0.29) is 17.3 Å². The van der Waals surface area contributed by atoms with Gasteiger partial charge in [-0.1, -0.05) is 6.07 Å². The summed E-state index contributed by atoms with van der Waals surface area (Å²) in [5.74, 6) is 0.632. The number of sulfonamides is 1. The van der Waals surface area contributed by atoms with Gasteiger partial charge in [-0.15, -0.1) is 0 Å². The molecule has 0 saturated heterocycles. The van der Waals surface area contributed by atoms with Crippen LogP contribution in [-0.2, 0) is 21.4 Å². The number of ether oxygens (including phenoxy) is 1. The standard InChI is InChI=1S/C21H21N5O4S/c1-13-21(27)25-18-10-15(7-8-20(18)30-13)31(28,29)26(3)12-19-16(11-23-14(2)24-19)17-6-4-5-9-22-17/h4-11,13H,12H2,1-3H3,(H,25,27). The maximum atomic E-state index is 13.2. The number of anilines is 1. The van der Waals surface area contributed by atoms with E-state index in [9.17, 15) is 13.2 Å². The summed E-state index contributed by atoms with van der Waals surface area (Å²) in [6.07, 6.45) is 2.67. The third-order valence-electron chi connectivity index (χ3n) is 4.89. The number of carbonyl (C=O) groups is 1. The molecule has 0 saturated carbocycles. The molecule has 1 atom stereocenters. The molecule has 10 heteroatoms. The smallest absolute Gasteiger partial charge is 0.265 e. The van der Waals surface area contributed by atoms with Gasteiger partial charge in [0.25, 0.3) is 5.91 Å². The van der Waals surface area contributed by atoms with E-state index in [2.05, 4.69) is 20.3 Å². The molecule has 1 amide bonds. The molecule has 1 unspecified atom stereocenters. The molecule has 1 aliphatic rings. The van der Waals surface area contributed by atoms with Crippen molar-refractivity contribution >= 4 is 21.6 Å². The molecule has 0 aliphatic carbocycles. The monoisotopic (exact) mass is 439 g/mol. The van der Waals surface area contributed by atoms with Gasteiger partial charge in [-0.25, -0.2) is 18.4 Å². The number of carbonyl (C=O) groups excluding carboxylic acids is 1. The predicted molar refractivity (Wildman–Crippen MR) is 114 cm³/mol. The first kappa shape index (κ1) is 20.9. The molecule has 1 aromatic carbocycles. The fraction of sp³-hybridized carbons (Fsp3) is 0.238. The van der Waals surface area contributed by atoms with Crippen molar-refractivity contribution < 1.29 is 17.9 Å². The Morgan fingerprint density at radius 3 is 2.74 bits per heavy atom. The lowest BCUT2D eigenvalue weighted by atomic mass is 10.1. The number of aromatic nitrogens is 3. The summed E-state index contributed by atoms with van der Waals surface area (Å²) < 4.78 is 33.1. The molecule has 2 aromatic heterocycles. The number of nitrogens with zero attached hydrogens (tertiary/aromatic N) is 4. The molecule has 0 fully saturated rings. The van der Waals surface area contributed by atoms with E-state index >= 15 is 0 Å². The van der Waals surface area contributed by atoms with E-state index in [1.165, 1.54) is 23.5 Å². The van der Waals surface area contributed by atoms with Crippen LogP contribution in [0.3, 0.4) is 0 Å². The first-order chi connectivity index (χ1) is 14.8. The number of benzene rings is 1. The zero-order chi connectivity index (χ0) is 22.2. The molecule has 0 spiro atoms. The van der Waals surface area contributed by atoms with Gasteiger partial charge in [-0.05, 0) is 44.2 Å². The van der Waals surface area contributed by atoms with Gasteiger partial charge in [-0.3, -0.25) is 9.78 Å². The number of nitrogens with one attached hydrogen (secondary N) is 1. The average Bonchev–Trinajstić information content (AvgIpc) is 2.75. The highest BCUT2D eigenvalue weighted by Crippen LogP contribution is 2.33. The van der Waals surface area contributed by atoms with Crippen molar-refractivity contribution in [1.29, 1.82) is 0 Å². The summed E-state index contributed by atoms with van der Waals surface area (Å²) in [6.45, 7) is 3.39. The first-order valence-corrected chi connectivity index (χ1v) is 11.0. The second-order valence-corrected chi connectivity index (χ2v) is 9.21. The minimum absolute atomic E-state index is 0.0224. The van der Waals surface area contributed by atoms with Crippen LogP contribution in [0, 0.1) is 6.92 Å². The Bertz CT molecular complexity index is 1250. The van der Waals surface area contributed by atoms with Crippen LogP contribution in [0.15, 0.2) is 53.7 Å². The molecule has 3 heterocycles. The van der Waals surface area contributed by atoms with Gasteiger partial charge in [0.05, 0.1) is 28.5 Å². The maximum absolute atomic E-state index is 13.2. The van der Waals surface area contributed by atoms with Crippen molar-refractivity contribution in [2.45, 2.75) is 31.4 Å². The Morgan fingerprint density at radius 1 is 1.19 bits per heavy atom. The quantitative estimate of drug-likeness (QED) is 0.649. The largest absolute Gasteiger partial charge is 0.479 e. The molecule has 9 nitrogen and oxygen atoms in total. The van der Waals surface area contributed by atoms with E-state index in [1.54, 1.807) is 38.4 Å². The van der Waals surface area contributed by atoms with Crippen LogP contribution in [0.4, 0.5) is 5.69 Å². The first-order valence-electron chi connectivity index (χ1n) is 9.57. The number of hydrogen-bond acceptors (Lipinski definition) is 7. The second kappa shape index (κ2) is 8.05. The Balaban J connectivity index is 1.65. The zero-order valence-electron chi connectivity index (χ0n) is 17.2. The summed E-state index contributed by atoms with van der Waals surface area (Å²) in [4.78, 5) is 24.9. The van der Waals surface area contributed by atoms with Gasteiger partial charge in [0.1, 0.15) is 11.6 Å². The van der Waals surface area contributed by atoms with E-state index < -0.39 is 16.1 Å². The van der Waals surface area contributed by atoms with E-state index in [0.717, 1.165) is 0 Å². The molecular weight excluding hydrogens is 418 g/mol. The number of pyridine rings is 1. The molecule has 4 rings (SSSR count). The highest BCUT2D eigenvalue weighted by atomic mass is 32.2. The lowest BCUT2D eigenvalue weighted by Crippen LogP contribution is -2.34. The van der Waals surface area contributed by atoms with Crippen molar-refractivity contribution in [3.63, 3.8) is 0 Å². The Kier molecular flexibility index (Phi) is 5.42.